The highest BCUT2D eigenvalue weighted by molar-refractivity contribution is 7.98. The van der Waals surface area contributed by atoms with Gasteiger partial charge in [0.1, 0.15) is 0 Å². The van der Waals surface area contributed by atoms with Gasteiger partial charge in [-0.1, -0.05) is 6.07 Å². The topological polar surface area (TPSA) is 32.3 Å². The Morgan fingerprint density at radius 3 is 2.67 bits per heavy atom. The molecule has 0 fully saturated rings. The predicted octanol–water partition coefficient (Wildman–Crippen LogP) is 3.49. The molecule has 0 aromatic heterocycles. The van der Waals surface area contributed by atoms with E-state index in [1.165, 1.54) is 28.8 Å². The molecule has 7 heteroatoms. The van der Waals surface area contributed by atoms with Crippen LogP contribution in [0.25, 0.3) is 0 Å². The van der Waals surface area contributed by atoms with Gasteiger partial charge in [-0.15, -0.1) is 11.8 Å². The van der Waals surface area contributed by atoms with Crippen molar-refractivity contribution >= 4 is 23.5 Å². The minimum absolute atomic E-state index is 0.128. The summed E-state index contributed by atoms with van der Waals surface area (Å²) in [4.78, 5) is 13.0. The molecule has 0 spiro atoms. The second kappa shape index (κ2) is 5.99. The third-order valence-corrected chi connectivity index (χ3v) is 2.76. The van der Waals surface area contributed by atoms with Crippen molar-refractivity contribution in [1.82, 2.24) is 4.90 Å². The van der Waals surface area contributed by atoms with Crippen LogP contribution in [-0.2, 0) is 6.18 Å². The number of amides is 2. The highest BCUT2D eigenvalue weighted by Crippen LogP contribution is 2.30. The highest BCUT2D eigenvalue weighted by Gasteiger charge is 2.30. The van der Waals surface area contributed by atoms with Crippen LogP contribution >= 0.6 is 11.8 Å². The second-order valence-electron chi connectivity index (χ2n) is 3.62. The van der Waals surface area contributed by atoms with Crippen molar-refractivity contribution in [3.8, 4) is 0 Å². The summed E-state index contributed by atoms with van der Waals surface area (Å²) >= 11 is 1.44. The third kappa shape index (κ3) is 4.14. The van der Waals surface area contributed by atoms with E-state index < -0.39 is 17.8 Å². The lowest BCUT2D eigenvalue weighted by molar-refractivity contribution is -0.137. The van der Waals surface area contributed by atoms with Gasteiger partial charge in [-0.05, 0) is 24.5 Å². The number of carbonyl (C=O) groups excluding carboxylic acids is 1. The SMILES string of the molecule is CSCN(C)C(=O)Nc1cccc(C(F)(F)F)c1. The monoisotopic (exact) mass is 278 g/mol. The standard InChI is InChI=1S/C11H13F3N2OS/c1-16(7-18-2)10(17)15-9-5-3-4-8(6-9)11(12,13)14/h3-6H,7H2,1-2H3,(H,15,17). The molecular formula is C11H13F3N2OS. The molecule has 0 atom stereocenters. The minimum Gasteiger partial charge on any atom is -0.318 e. The largest absolute Gasteiger partial charge is 0.416 e. The maximum Gasteiger partial charge on any atom is 0.416 e. The van der Waals surface area contributed by atoms with Gasteiger partial charge in [-0.3, -0.25) is 0 Å². The fraction of sp³-hybridized carbons (Fsp3) is 0.364. The number of alkyl halides is 3. The maximum atomic E-state index is 12.5. The van der Waals surface area contributed by atoms with E-state index in [1.807, 2.05) is 6.26 Å². The number of nitrogens with zero attached hydrogens (tertiary/aromatic N) is 1. The van der Waals surface area contributed by atoms with Gasteiger partial charge in [0.05, 0.1) is 11.4 Å². The molecule has 0 saturated heterocycles. The third-order valence-electron chi connectivity index (χ3n) is 2.11. The Kier molecular flexibility index (Phi) is 4.89. The second-order valence-corrected chi connectivity index (χ2v) is 4.46. The first kappa shape index (κ1) is 14.7. The van der Waals surface area contributed by atoms with Gasteiger partial charge >= 0.3 is 12.2 Å². The van der Waals surface area contributed by atoms with Crippen LogP contribution in [0.4, 0.5) is 23.7 Å². The van der Waals surface area contributed by atoms with E-state index in [1.54, 1.807) is 7.05 Å². The summed E-state index contributed by atoms with van der Waals surface area (Å²) in [5.74, 6) is 0.463. The van der Waals surface area contributed by atoms with Gasteiger partial charge in [0.2, 0.25) is 0 Å². The predicted molar refractivity (Wildman–Crippen MR) is 66.6 cm³/mol. The Hall–Kier alpha value is -1.37. The molecule has 0 radical (unpaired) electrons. The summed E-state index contributed by atoms with van der Waals surface area (Å²) in [6, 6.07) is 4.10. The average molecular weight is 278 g/mol. The van der Waals surface area contributed by atoms with Crippen LogP contribution in [0.15, 0.2) is 24.3 Å². The zero-order valence-corrected chi connectivity index (χ0v) is 10.7. The number of nitrogens with one attached hydrogen (secondary N) is 1. The molecule has 1 N–H and O–H groups in total. The van der Waals surface area contributed by atoms with Crippen LogP contribution in [-0.4, -0.2) is 30.1 Å². The highest BCUT2D eigenvalue weighted by atomic mass is 32.2. The van der Waals surface area contributed by atoms with Crippen molar-refractivity contribution in [2.24, 2.45) is 0 Å². The van der Waals surface area contributed by atoms with Crippen molar-refractivity contribution < 1.29 is 18.0 Å². The smallest absolute Gasteiger partial charge is 0.318 e. The van der Waals surface area contributed by atoms with E-state index >= 15 is 0 Å². The molecule has 1 rings (SSSR count). The molecule has 0 unspecified atom stereocenters. The minimum atomic E-state index is -4.41. The molecule has 0 bridgehead atoms. The normalized spacial score (nSPS) is 11.2. The Bertz CT molecular complexity index is 423. The summed E-state index contributed by atoms with van der Waals surface area (Å²) in [5.41, 5.74) is -0.657. The summed E-state index contributed by atoms with van der Waals surface area (Å²) in [7, 11) is 1.57. The quantitative estimate of drug-likeness (QED) is 0.858. The molecule has 0 aliphatic carbocycles. The van der Waals surface area contributed by atoms with E-state index in [-0.39, 0.29) is 5.69 Å². The fourth-order valence-electron chi connectivity index (χ4n) is 1.24. The number of urea groups is 1. The fourth-order valence-corrected chi connectivity index (χ4v) is 1.75. The van der Waals surface area contributed by atoms with Gasteiger partial charge in [-0.2, -0.15) is 13.2 Å². The number of hydrogen-bond acceptors (Lipinski definition) is 2. The molecule has 1 aromatic rings. The van der Waals surface area contributed by atoms with Crippen molar-refractivity contribution in [3.05, 3.63) is 29.8 Å². The van der Waals surface area contributed by atoms with Crippen LogP contribution < -0.4 is 5.32 Å². The van der Waals surface area contributed by atoms with Gasteiger partial charge in [0, 0.05) is 12.7 Å². The summed E-state index contributed by atoms with van der Waals surface area (Å²) in [5, 5.41) is 2.41. The maximum absolute atomic E-state index is 12.5. The first-order chi connectivity index (χ1) is 8.34. The lowest BCUT2D eigenvalue weighted by Gasteiger charge is -2.17. The van der Waals surface area contributed by atoms with Crippen LogP contribution in [0.3, 0.4) is 0 Å². The molecule has 2 amide bonds. The Morgan fingerprint density at radius 2 is 2.11 bits per heavy atom. The van der Waals surface area contributed by atoms with Gasteiger partial charge < -0.3 is 10.2 Å². The number of carbonyl (C=O) groups is 1. The number of thioether (sulfide) groups is 1. The van der Waals surface area contributed by atoms with Gasteiger partial charge in [-0.25, -0.2) is 4.79 Å². The number of rotatable bonds is 3. The number of halogens is 3. The number of anilines is 1. The summed E-state index contributed by atoms with van der Waals surface area (Å²) in [6.07, 6.45) is -2.58. The molecule has 1 aromatic carbocycles. The average Bonchev–Trinajstić information content (AvgIpc) is 2.28. The van der Waals surface area contributed by atoms with E-state index in [0.29, 0.717) is 5.88 Å². The van der Waals surface area contributed by atoms with E-state index in [4.69, 9.17) is 0 Å². The molecule has 0 aliphatic rings. The Morgan fingerprint density at radius 1 is 1.44 bits per heavy atom. The number of benzene rings is 1. The van der Waals surface area contributed by atoms with E-state index in [9.17, 15) is 18.0 Å². The van der Waals surface area contributed by atoms with Gasteiger partial charge in [0.15, 0.2) is 0 Å². The number of hydrogen-bond donors (Lipinski definition) is 1. The van der Waals surface area contributed by atoms with Crippen molar-refractivity contribution in [2.75, 3.05) is 24.5 Å². The van der Waals surface area contributed by atoms with Crippen molar-refractivity contribution in [1.29, 1.82) is 0 Å². The summed E-state index contributed by atoms with van der Waals surface area (Å²) in [6.45, 7) is 0. The zero-order chi connectivity index (χ0) is 13.8. The molecule has 100 valence electrons. The van der Waals surface area contributed by atoms with E-state index in [2.05, 4.69) is 5.32 Å². The lowest BCUT2D eigenvalue weighted by atomic mass is 10.2. The van der Waals surface area contributed by atoms with Gasteiger partial charge in [0.25, 0.3) is 0 Å². The zero-order valence-electron chi connectivity index (χ0n) is 9.91. The van der Waals surface area contributed by atoms with Crippen LogP contribution in [0.5, 0.6) is 0 Å². The van der Waals surface area contributed by atoms with E-state index in [0.717, 1.165) is 12.1 Å². The van der Waals surface area contributed by atoms with Crippen molar-refractivity contribution in [2.45, 2.75) is 6.18 Å². The Labute approximate surface area is 107 Å². The molecule has 0 heterocycles. The first-order valence-electron chi connectivity index (χ1n) is 5.03. The lowest BCUT2D eigenvalue weighted by Crippen LogP contribution is -2.30. The van der Waals surface area contributed by atoms with Crippen LogP contribution in [0.2, 0.25) is 0 Å². The van der Waals surface area contributed by atoms with Crippen molar-refractivity contribution in [3.63, 3.8) is 0 Å². The molecular weight excluding hydrogens is 265 g/mol. The van der Waals surface area contributed by atoms with Crippen LogP contribution in [0.1, 0.15) is 5.56 Å². The Balaban J connectivity index is 2.77. The van der Waals surface area contributed by atoms with Crippen LogP contribution in [0, 0.1) is 0 Å². The molecule has 3 nitrogen and oxygen atoms in total. The molecule has 0 aliphatic heterocycles. The molecule has 18 heavy (non-hydrogen) atoms. The summed E-state index contributed by atoms with van der Waals surface area (Å²) < 4.78 is 37.4. The first-order valence-corrected chi connectivity index (χ1v) is 6.42. The molecule has 0 saturated carbocycles.